The predicted octanol–water partition coefficient (Wildman–Crippen LogP) is 2.47. The molecule has 1 aromatic heterocycles. The Hall–Kier alpha value is -2.82. The molecule has 1 amide bonds. The topological polar surface area (TPSA) is 69.2 Å². The Morgan fingerprint density at radius 2 is 2.09 bits per heavy atom. The molecule has 3 aromatic rings. The highest BCUT2D eigenvalue weighted by Crippen LogP contribution is 2.24. The quantitative estimate of drug-likeness (QED) is 0.724. The Morgan fingerprint density at radius 1 is 1.18 bits per heavy atom. The molecule has 0 bridgehead atoms. The second-order valence-electron chi connectivity index (χ2n) is 5.56. The molecular weight excluding hydrogens is 278 g/mol. The van der Waals surface area contributed by atoms with Crippen molar-refractivity contribution in [1.29, 1.82) is 0 Å². The minimum Gasteiger partial charge on any atom is -0.508 e. The molecular formula is C17H15N3O2. The average Bonchev–Trinajstić information content (AvgIpc) is 3.01. The maximum absolute atomic E-state index is 12.7. The van der Waals surface area contributed by atoms with Gasteiger partial charge in [0.2, 0.25) is 0 Å². The molecule has 2 N–H and O–H groups in total. The van der Waals surface area contributed by atoms with Gasteiger partial charge in [-0.3, -0.25) is 4.79 Å². The number of aromatic hydroxyl groups is 1. The summed E-state index contributed by atoms with van der Waals surface area (Å²) in [6, 6.07) is 10.9. The highest BCUT2D eigenvalue weighted by atomic mass is 16.3. The Labute approximate surface area is 127 Å². The van der Waals surface area contributed by atoms with Gasteiger partial charge in [-0.05, 0) is 47.9 Å². The van der Waals surface area contributed by atoms with Crippen molar-refractivity contribution in [3.8, 4) is 5.75 Å². The van der Waals surface area contributed by atoms with E-state index in [4.69, 9.17) is 0 Å². The van der Waals surface area contributed by atoms with Gasteiger partial charge in [0.15, 0.2) is 0 Å². The number of amides is 1. The highest BCUT2D eigenvalue weighted by Gasteiger charge is 2.22. The zero-order valence-corrected chi connectivity index (χ0v) is 11.9. The normalized spacial score (nSPS) is 14.1. The summed E-state index contributed by atoms with van der Waals surface area (Å²) in [6.45, 7) is 1.22. The summed E-state index contributed by atoms with van der Waals surface area (Å²) >= 11 is 0. The summed E-state index contributed by atoms with van der Waals surface area (Å²) in [5.41, 5.74) is 4.58. The van der Waals surface area contributed by atoms with Gasteiger partial charge >= 0.3 is 0 Å². The van der Waals surface area contributed by atoms with E-state index >= 15 is 0 Å². The Bertz CT molecular complexity index is 869. The summed E-state index contributed by atoms with van der Waals surface area (Å²) in [7, 11) is 0. The van der Waals surface area contributed by atoms with Crippen LogP contribution in [0.3, 0.4) is 0 Å². The molecule has 0 atom stereocenters. The van der Waals surface area contributed by atoms with Crippen LogP contribution in [0.4, 0.5) is 0 Å². The number of carbonyl (C=O) groups is 1. The lowest BCUT2D eigenvalue weighted by atomic mass is 9.99. The van der Waals surface area contributed by atoms with Crippen LogP contribution in [0.2, 0.25) is 0 Å². The minimum atomic E-state index is 0.00509. The van der Waals surface area contributed by atoms with Crippen molar-refractivity contribution in [2.45, 2.75) is 13.0 Å². The van der Waals surface area contributed by atoms with Gasteiger partial charge in [0.05, 0.1) is 17.4 Å². The molecule has 0 radical (unpaired) electrons. The number of hydrogen-bond acceptors (Lipinski definition) is 3. The number of H-pyrrole nitrogens is 1. The summed E-state index contributed by atoms with van der Waals surface area (Å²) in [6.07, 6.45) is 2.44. The number of phenolic OH excluding ortho intramolecular Hbond substituents is 1. The van der Waals surface area contributed by atoms with Crippen LogP contribution in [-0.4, -0.2) is 32.4 Å². The van der Waals surface area contributed by atoms with Gasteiger partial charge in [0.1, 0.15) is 5.75 Å². The molecule has 5 heteroatoms. The Balaban J connectivity index is 1.63. The van der Waals surface area contributed by atoms with Gasteiger partial charge in [0, 0.05) is 18.7 Å². The van der Waals surface area contributed by atoms with E-state index in [1.165, 1.54) is 5.56 Å². The standard InChI is InChI=1S/C17H15N3O2/c21-14-3-1-11-5-6-20(9-13(11)7-14)17(22)12-2-4-15-16(8-12)19-10-18-15/h1-4,7-8,10,21H,5-6,9H2,(H,18,19). The minimum absolute atomic E-state index is 0.00509. The fraction of sp³-hybridized carbons (Fsp3) is 0.176. The molecule has 2 aromatic carbocycles. The molecule has 22 heavy (non-hydrogen) atoms. The first kappa shape index (κ1) is 12.9. The molecule has 5 nitrogen and oxygen atoms in total. The van der Waals surface area contributed by atoms with Crippen molar-refractivity contribution in [1.82, 2.24) is 14.9 Å². The fourth-order valence-corrected chi connectivity index (χ4v) is 2.97. The zero-order valence-electron chi connectivity index (χ0n) is 11.9. The fourth-order valence-electron chi connectivity index (χ4n) is 2.97. The SMILES string of the molecule is O=C(c1ccc2nc[nH]c2c1)N1CCc2ccc(O)cc2C1. The number of aromatic nitrogens is 2. The number of nitrogens with one attached hydrogen (secondary N) is 1. The molecule has 1 aliphatic heterocycles. The number of aromatic amines is 1. The first-order valence-corrected chi connectivity index (χ1v) is 7.24. The van der Waals surface area contributed by atoms with Crippen molar-refractivity contribution in [3.63, 3.8) is 0 Å². The highest BCUT2D eigenvalue weighted by molar-refractivity contribution is 5.97. The number of rotatable bonds is 1. The van der Waals surface area contributed by atoms with Crippen LogP contribution in [0.25, 0.3) is 11.0 Å². The van der Waals surface area contributed by atoms with Crippen LogP contribution in [0, 0.1) is 0 Å². The van der Waals surface area contributed by atoms with Crippen molar-refractivity contribution < 1.29 is 9.90 Å². The van der Waals surface area contributed by atoms with Crippen molar-refractivity contribution in [2.24, 2.45) is 0 Å². The maximum Gasteiger partial charge on any atom is 0.254 e. The van der Waals surface area contributed by atoms with Crippen LogP contribution >= 0.6 is 0 Å². The summed E-state index contributed by atoms with van der Waals surface area (Å²) in [4.78, 5) is 21.7. The third-order valence-corrected chi connectivity index (χ3v) is 4.16. The van der Waals surface area contributed by atoms with E-state index < -0.39 is 0 Å². The molecule has 0 saturated heterocycles. The zero-order chi connectivity index (χ0) is 15.1. The average molecular weight is 293 g/mol. The number of carbonyl (C=O) groups excluding carboxylic acids is 1. The van der Waals surface area contributed by atoms with Crippen LogP contribution in [0.5, 0.6) is 5.75 Å². The van der Waals surface area contributed by atoms with E-state index in [0.717, 1.165) is 23.0 Å². The third-order valence-electron chi connectivity index (χ3n) is 4.16. The monoisotopic (exact) mass is 293 g/mol. The number of imidazole rings is 1. The second kappa shape index (κ2) is 4.87. The Morgan fingerprint density at radius 3 is 3.00 bits per heavy atom. The molecule has 2 heterocycles. The van der Waals surface area contributed by atoms with E-state index in [1.54, 1.807) is 18.5 Å². The summed E-state index contributed by atoms with van der Waals surface area (Å²) < 4.78 is 0. The van der Waals surface area contributed by atoms with E-state index in [1.807, 2.05) is 29.2 Å². The molecule has 1 aliphatic rings. The van der Waals surface area contributed by atoms with Gasteiger partial charge < -0.3 is 15.0 Å². The molecule has 110 valence electrons. The lowest BCUT2D eigenvalue weighted by Gasteiger charge is -2.29. The molecule has 0 saturated carbocycles. The second-order valence-corrected chi connectivity index (χ2v) is 5.56. The van der Waals surface area contributed by atoms with Crippen LogP contribution in [0.1, 0.15) is 21.5 Å². The van der Waals surface area contributed by atoms with E-state index in [-0.39, 0.29) is 11.7 Å². The van der Waals surface area contributed by atoms with Gasteiger partial charge in [-0.2, -0.15) is 0 Å². The number of phenols is 1. The number of hydrogen-bond donors (Lipinski definition) is 2. The Kier molecular flexibility index (Phi) is 2.85. The molecule has 4 rings (SSSR count). The number of nitrogens with zero attached hydrogens (tertiary/aromatic N) is 2. The first-order chi connectivity index (χ1) is 10.7. The van der Waals surface area contributed by atoms with Gasteiger partial charge in [-0.15, -0.1) is 0 Å². The van der Waals surface area contributed by atoms with Crippen molar-refractivity contribution >= 4 is 16.9 Å². The van der Waals surface area contributed by atoms with Crippen LogP contribution in [-0.2, 0) is 13.0 Å². The van der Waals surface area contributed by atoms with Gasteiger partial charge in [-0.25, -0.2) is 4.98 Å². The van der Waals surface area contributed by atoms with Crippen LogP contribution in [0.15, 0.2) is 42.7 Å². The maximum atomic E-state index is 12.7. The van der Waals surface area contributed by atoms with Gasteiger partial charge in [-0.1, -0.05) is 6.07 Å². The summed E-state index contributed by atoms with van der Waals surface area (Å²) in [5, 5.41) is 9.61. The lowest BCUT2D eigenvalue weighted by molar-refractivity contribution is 0.0734. The molecule has 0 fully saturated rings. The predicted molar refractivity (Wildman–Crippen MR) is 82.6 cm³/mol. The smallest absolute Gasteiger partial charge is 0.254 e. The largest absolute Gasteiger partial charge is 0.508 e. The van der Waals surface area contributed by atoms with Crippen molar-refractivity contribution in [3.05, 3.63) is 59.4 Å². The van der Waals surface area contributed by atoms with Crippen LogP contribution < -0.4 is 0 Å². The van der Waals surface area contributed by atoms with Gasteiger partial charge in [0.25, 0.3) is 5.91 Å². The van der Waals surface area contributed by atoms with E-state index in [2.05, 4.69) is 9.97 Å². The molecule has 0 aliphatic carbocycles. The number of benzene rings is 2. The lowest BCUT2D eigenvalue weighted by Crippen LogP contribution is -2.35. The number of fused-ring (bicyclic) bond motifs is 2. The molecule has 0 unspecified atom stereocenters. The summed E-state index contributed by atoms with van der Waals surface area (Å²) in [5.74, 6) is 0.248. The third kappa shape index (κ3) is 2.11. The molecule has 0 spiro atoms. The van der Waals surface area contributed by atoms with E-state index in [9.17, 15) is 9.90 Å². The first-order valence-electron chi connectivity index (χ1n) is 7.24. The van der Waals surface area contributed by atoms with E-state index in [0.29, 0.717) is 18.7 Å². The van der Waals surface area contributed by atoms with Crippen molar-refractivity contribution in [2.75, 3.05) is 6.54 Å².